The molecule has 106 valence electrons. The van der Waals surface area contributed by atoms with Gasteiger partial charge in [0, 0.05) is 6.07 Å². The summed E-state index contributed by atoms with van der Waals surface area (Å²) in [4.78, 5) is 10.5. The first kappa shape index (κ1) is 12.1. The molecule has 1 aromatic heterocycles. The van der Waals surface area contributed by atoms with Crippen molar-refractivity contribution in [1.82, 2.24) is 15.0 Å². The van der Waals surface area contributed by atoms with Gasteiger partial charge in [-0.1, -0.05) is 6.07 Å². The number of benzene rings is 2. The average molecular weight is 285 g/mol. The Morgan fingerprint density at radius 3 is 2.67 bits per heavy atom. The van der Waals surface area contributed by atoms with Crippen molar-refractivity contribution >= 4 is 11.0 Å². The number of hydrogen-bond acceptors (Lipinski definition) is 6. The number of phenolic OH excluding ortho intramolecular Hbond substituents is 1. The fourth-order valence-corrected chi connectivity index (χ4v) is 2.05. The SMILES string of the molecule is Cc1ccc(-n2nc3ccc(OC4OO4)cc3n2)c(O)c1. The lowest BCUT2D eigenvalue weighted by Crippen LogP contribution is -1.98. The summed E-state index contributed by atoms with van der Waals surface area (Å²) in [5.74, 6) is 0.705. The van der Waals surface area contributed by atoms with Crippen LogP contribution in [0.15, 0.2) is 36.4 Å². The molecule has 0 aliphatic carbocycles. The lowest BCUT2D eigenvalue weighted by molar-refractivity contribution is 0.0850. The van der Waals surface area contributed by atoms with Crippen LogP contribution in [-0.2, 0) is 9.78 Å². The Bertz CT molecular complexity index is 826. The molecular weight excluding hydrogens is 274 g/mol. The highest BCUT2D eigenvalue weighted by Crippen LogP contribution is 2.26. The number of aryl methyl sites for hydroxylation is 1. The van der Waals surface area contributed by atoms with Crippen LogP contribution in [0, 0.1) is 6.92 Å². The fourth-order valence-electron chi connectivity index (χ4n) is 2.05. The molecule has 3 aromatic rings. The van der Waals surface area contributed by atoms with Gasteiger partial charge in [-0.2, -0.15) is 9.78 Å². The van der Waals surface area contributed by atoms with Gasteiger partial charge in [0.25, 0.3) is 0 Å². The zero-order chi connectivity index (χ0) is 14.4. The van der Waals surface area contributed by atoms with Crippen molar-refractivity contribution < 1.29 is 19.6 Å². The molecule has 21 heavy (non-hydrogen) atoms. The summed E-state index contributed by atoms with van der Waals surface area (Å²) in [6.45, 7) is 1.26. The number of nitrogens with zero attached hydrogens (tertiary/aromatic N) is 3. The van der Waals surface area contributed by atoms with E-state index in [9.17, 15) is 5.11 Å². The molecule has 1 aliphatic heterocycles. The van der Waals surface area contributed by atoms with Crippen molar-refractivity contribution in [3.8, 4) is 17.2 Å². The topological polar surface area (TPSA) is 85.2 Å². The van der Waals surface area contributed by atoms with Gasteiger partial charge in [-0.15, -0.1) is 15.0 Å². The monoisotopic (exact) mass is 285 g/mol. The van der Waals surface area contributed by atoms with E-state index in [0.717, 1.165) is 5.56 Å². The maximum absolute atomic E-state index is 9.99. The van der Waals surface area contributed by atoms with Gasteiger partial charge >= 0.3 is 6.48 Å². The molecule has 7 heteroatoms. The van der Waals surface area contributed by atoms with Crippen LogP contribution in [0.5, 0.6) is 11.5 Å². The molecule has 0 bridgehead atoms. The standard InChI is InChI=1S/C14H11N3O4/c1-8-2-5-12(13(18)6-8)17-15-10-4-3-9(7-11(10)16-17)19-14-20-21-14/h2-7,14,18H,1H3. The van der Waals surface area contributed by atoms with Crippen LogP contribution in [0.1, 0.15) is 5.56 Å². The van der Waals surface area contributed by atoms with E-state index in [1.807, 2.05) is 13.0 Å². The first-order valence-electron chi connectivity index (χ1n) is 6.35. The highest BCUT2D eigenvalue weighted by Gasteiger charge is 2.28. The molecule has 7 nitrogen and oxygen atoms in total. The smallest absolute Gasteiger partial charge is 0.371 e. The number of rotatable bonds is 3. The van der Waals surface area contributed by atoms with Crippen molar-refractivity contribution in [2.45, 2.75) is 13.4 Å². The average Bonchev–Trinajstić information content (AvgIpc) is 3.15. The second kappa shape index (κ2) is 4.44. The first-order valence-corrected chi connectivity index (χ1v) is 6.35. The zero-order valence-electron chi connectivity index (χ0n) is 11.1. The lowest BCUT2D eigenvalue weighted by Gasteiger charge is -2.03. The van der Waals surface area contributed by atoms with Crippen LogP contribution >= 0.6 is 0 Å². The van der Waals surface area contributed by atoms with E-state index in [-0.39, 0.29) is 5.75 Å². The molecule has 0 unspecified atom stereocenters. The molecule has 1 aliphatic rings. The van der Waals surface area contributed by atoms with Crippen LogP contribution in [0.3, 0.4) is 0 Å². The molecule has 2 aromatic carbocycles. The summed E-state index contributed by atoms with van der Waals surface area (Å²) in [7, 11) is 0. The number of fused-ring (bicyclic) bond motifs is 1. The minimum absolute atomic E-state index is 0.131. The second-order valence-electron chi connectivity index (χ2n) is 4.73. The number of phenols is 1. The third kappa shape index (κ3) is 2.28. The van der Waals surface area contributed by atoms with E-state index < -0.39 is 6.48 Å². The Hall–Kier alpha value is -2.64. The van der Waals surface area contributed by atoms with Crippen LogP contribution in [0.25, 0.3) is 16.7 Å². The molecule has 4 rings (SSSR count). The molecule has 1 saturated heterocycles. The highest BCUT2D eigenvalue weighted by molar-refractivity contribution is 5.75. The van der Waals surface area contributed by atoms with E-state index in [0.29, 0.717) is 22.5 Å². The molecule has 0 saturated carbocycles. The Labute approximate surface area is 119 Å². The van der Waals surface area contributed by atoms with E-state index in [1.165, 1.54) is 4.80 Å². The normalized spacial score (nSPS) is 14.5. The van der Waals surface area contributed by atoms with Crippen molar-refractivity contribution in [2.75, 3.05) is 0 Å². The molecule has 0 atom stereocenters. The van der Waals surface area contributed by atoms with E-state index in [2.05, 4.69) is 20.0 Å². The van der Waals surface area contributed by atoms with E-state index in [1.54, 1.807) is 30.3 Å². The minimum atomic E-state index is -0.640. The number of ether oxygens (including phenoxy) is 1. The molecule has 2 heterocycles. The van der Waals surface area contributed by atoms with Gasteiger partial charge in [-0.25, -0.2) is 0 Å². The fraction of sp³-hybridized carbons (Fsp3) is 0.143. The van der Waals surface area contributed by atoms with Crippen molar-refractivity contribution in [3.05, 3.63) is 42.0 Å². The number of aromatic hydroxyl groups is 1. The predicted octanol–water partition coefficient (Wildman–Crippen LogP) is 2.06. The van der Waals surface area contributed by atoms with Crippen LogP contribution in [0.2, 0.25) is 0 Å². The molecular formula is C14H11N3O4. The summed E-state index contributed by atoms with van der Waals surface area (Å²) in [6, 6.07) is 10.6. The van der Waals surface area contributed by atoms with Gasteiger partial charge in [0.2, 0.25) is 0 Å². The molecule has 0 radical (unpaired) electrons. The van der Waals surface area contributed by atoms with Crippen molar-refractivity contribution in [1.29, 1.82) is 0 Å². The molecule has 1 N–H and O–H groups in total. The summed E-state index contributed by atoms with van der Waals surface area (Å²) in [5.41, 5.74) is 2.83. The second-order valence-corrected chi connectivity index (χ2v) is 4.73. The van der Waals surface area contributed by atoms with E-state index >= 15 is 0 Å². The Kier molecular flexibility index (Phi) is 2.56. The Balaban J connectivity index is 1.75. The van der Waals surface area contributed by atoms with Gasteiger partial charge < -0.3 is 9.84 Å². The Morgan fingerprint density at radius 1 is 1.10 bits per heavy atom. The largest absolute Gasteiger partial charge is 0.506 e. The van der Waals surface area contributed by atoms with Crippen LogP contribution < -0.4 is 4.74 Å². The van der Waals surface area contributed by atoms with Crippen LogP contribution in [0.4, 0.5) is 0 Å². The van der Waals surface area contributed by atoms with Crippen LogP contribution in [-0.4, -0.2) is 26.6 Å². The van der Waals surface area contributed by atoms with E-state index in [4.69, 9.17) is 4.74 Å². The van der Waals surface area contributed by atoms with Gasteiger partial charge in [-0.3, -0.25) is 0 Å². The quantitative estimate of drug-likeness (QED) is 0.585. The highest BCUT2D eigenvalue weighted by atomic mass is 17.4. The summed E-state index contributed by atoms with van der Waals surface area (Å²) >= 11 is 0. The summed E-state index contributed by atoms with van der Waals surface area (Å²) in [6.07, 6.45) is 0. The third-order valence-electron chi connectivity index (χ3n) is 3.11. The maximum atomic E-state index is 9.99. The molecule has 0 amide bonds. The van der Waals surface area contributed by atoms with Crippen molar-refractivity contribution in [2.24, 2.45) is 0 Å². The lowest BCUT2D eigenvalue weighted by atomic mass is 10.2. The predicted molar refractivity (Wildman–Crippen MR) is 71.9 cm³/mol. The number of hydrogen-bond donors (Lipinski definition) is 1. The Morgan fingerprint density at radius 2 is 1.90 bits per heavy atom. The van der Waals surface area contributed by atoms with Crippen molar-refractivity contribution in [3.63, 3.8) is 0 Å². The van der Waals surface area contributed by atoms with Gasteiger partial charge in [0.1, 0.15) is 28.2 Å². The maximum Gasteiger partial charge on any atom is 0.371 e. The summed E-state index contributed by atoms with van der Waals surface area (Å²) in [5, 5.41) is 18.7. The summed E-state index contributed by atoms with van der Waals surface area (Å²) < 4.78 is 5.32. The minimum Gasteiger partial charge on any atom is -0.506 e. The van der Waals surface area contributed by atoms with Gasteiger partial charge in [0.05, 0.1) is 0 Å². The van der Waals surface area contributed by atoms with Gasteiger partial charge in [0.15, 0.2) is 0 Å². The number of aromatic nitrogens is 3. The first-order chi connectivity index (χ1) is 10.2. The third-order valence-corrected chi connectivity index (χ3v) is 3.11. The molecule has 1 fully saturated rings. The molecule has 0 spiro atoms. The zero-order valence-corrected chi connectivity index (χ0v) is 11.1. The van der Waals surface area contributed by atoms with Gasteiger partial charge in [-0.05, 0) is 36.8 Å².